The Morgan fingerprint density at radius 3 is 2.24 bits per heavy atom. The number of Topliss-reactive ketones (excluding diaryl/α,β-unsaturated/α-hetero) is 1. The summed E-state index contributed by atoms with van der Waals surface area (Å²) in [6, 6.07) is 31.5. The van der Waals surface area contributed by atoms with Crippen LogP contribution >= 0.6 is 0 Å². The van der Waals surface area contributed by atoms with E-state index in [9.17, 15) is 35.4 Å². The van der Waals surface area contributed by atoms with Crippen LogP contribution < -0.4 is 15.2 Å². The highest BCUT2D eigenvalue weighted by Gasteiger charge is 2.60. The highest BCUT2D eigenvalue weighted by atomic mass is 16.5. The molecule has 10 rings (SSSR count). The lowest BCUT2D eigenvalue weighted by molar-refractivity contribution is -0.136. The molecule has 0 aromatic heterocycles. The predicted octanol–water partition coefficient (Wildman–Crippen LogP) is 8.87. The summed E-state index contributed by atoms with van der Waals surface area (Å²) in [7, 11) is 0. The van der Waals surface area contributed by atoms with Crippen molar-refractivity contribution in [1.82, 2.24) is 0 Å². The third-order valence-corrected chi connectivity index (χ3v) is 15.1. The Kier molecular flexibility index (Phi) is 11.6. The number of aromatic hydroxyl groups is 5. The van der Waals surface area contributed by atoms with Gasteiger partial charge in [-0.05, 0) is 156 Å². The minimum Gasteiger partial charge on any atom is -0.508 e. The number of ether oxygens (including phenoxy) is 2. The quantitative estimate of drug-likeness (QED) is 0.0447. The second-order valence-electron chi connectivity index (χ2n) is 18.3. The van der Waals surface area contributed by atoms with Gasteiger partial charge in [0, 0.05) is 17.9 Å². The molecule has 2 bridgehead atoms. The fraction of sp³-hybridized carbons (Fsp3) is 0.404. The molecule has 5 aliphatic carbocycles. The monoisotopic (exact) mass is 839 g/mol. The summed E-state index contributed by atoms with van der Waals surface area (Å²) in [5.41, 5.74) is 11.0. The van der Waals surface area contributed by atoms with Crippen LogP contribution in [0, 0.1) is 29.6 Å². The molecule has 0 saturated heterocycles. The number of aliphatic hydroxyl groups is 1. The van der Waals surface area contributed by atoms with Crippen molar-refractivity contribution in [1.29, 1.82) is 0 Å². The van der Waals surface area contributed by atoms with Crippen LogP contribution in [0.25, 0.3) is 0 Å². The third kappa shape index (κ3) is 7.72. The zero-order valence-corrected chi connectivity index (χ0v) is 34.9. The number of carbonyl (C=O) groups is 1. The maximum absolute atomic E-state index is 14.7. The first-order chi connectivity index (χ1) is 30.0. The Balaban J connectivity index is 1.17. The first kappa shape index (κ1) is 41.6. The van der Waals surface area contributed by atoms with Gasteiger partial charge in [0.2, 0.25) is 5.75 Å². The van der Waals surface area contributed by atoms with E-state index in [0.29, 0.717) is 31.2 Å². The molecule has 0 aliphatic heterocycles. The van der Waals surface area contributed by atoms with Gasteiger partial charge in [0.05, 0.1) is 6.10 Å². The number of hydrogen-bond donors (Lipinski definition) is 7. The van der Waals surface area contributed by atoms with Crippen LogP contribution in [-0.4, -0.2) is 49.3 Å². The number of phenols is 5. The Bertz CT molecular complexity index is 2390. The molecule has 5 aliphatic rings. The standard InChI is InChI=1S/C52H57NO9/c53-29-62-45-23-31(14-18-43(45)57)13-17-42(56)39-24-33(21-30-11-15-36(54)16-12-30)38-25-34-26-41(52(19-4-5-20-52)35-8-2-1-3-9-35)47(48(38)49(39)59)40-27-44(58)50(60)51(46(34)40)61-28-32-7-6-10-37(55)22-32/h1-3,6-12,14-16,18,22-23,27,33-34,38-39,41,47-49,54-55,57-60H,4-5,13,17,19-21,24-26,28-29,53H2/t33-,34-,38+,39+,41-,47+,48-,49+/m1/s1. The fourth-order valence-corrected chi connectivity index (χ4v) is 12.5. The number of phenolic OH excluding ortho intramolecular Hbond substituents is 5. The molecular weight excluding hydrogens is 783 g/mol. The van der Waals surface area contributed by atoms with Crippen molar-refractivity contribution in [2.45, 2.75) is 94.2 Å². The van der Waals surface area contributed by atoms with Gasteiger partial charge < -0.3 is 40.1 Å². The topological polar surface area (TPSA) is 183 Å². The molecule has 8 atom stereocenters. The summed E-state index contributed by atoms with van der Waals surface area (Å²) in [6.45, 7) is -0.0431. The van der Waals surface area contributed by atoms with E-state index >= 15 is 0 Å². The number of nitrogens with two attached hydrogens (primary N) is 1. The van der Waals surface area contributed by atoms with E-state index < -0.39 is 12.0 Å². The molecular formula is C52H57NO9. The molecule has 0 radical (unpaired) electrons. The SMILES string of the molecule is NCOc1cc(CCC(=O)[C@@H]2C[C@@H](Cc3ccc(O)cc3)[C@@H]3C[C@@H]4C[C@@H](C5(c6ccccc6)CCCC5)[C@H](c5cc(O)c(O)c(OCc6cccc(O)c6)c54)[C@@H]3[C@H]2O)ccc1O. The minimum atomic E-state index is -0.987. The van der Waals surface area contributed by atoms with Crippen molar-refractivity contribution >= 4 is 5.78 Å². The molecule has 5 aromatic rings. The van der Waals surface area contributed by atoms with Gasteiger partial charge in [0.1, 0.15) is 30.6 Å². The van der Waals surface area contributed by atoms with E-state index in [4.69, 9.17) is 15.2 Å². The maximum Gasteiger partial charge on any atom is 0.200 e. The Labute approximate surface area is 362 Å². The van der Waals surface area contributed by atoms with E-state index in [1.807, 2.05) is 24.3 Å². The van der Waals surface area contributed by atoms with Crippen molar-refractivity contribution in [3.8, 4) is 40.2 Å². The molecule has 0 amide bonds. The second kappa shape index (κ2) is 17.2. The number of benzene rings is 5. The summed E-state index contributed by atoms with van der Waals surface area (Å²) < 4.78 is 11.9. The van der Waals surface area contributed by atoms with E-state index in [2.05, 4.69) is 24.3 Å². The van der Waals surface area contributed by atoms with E-state index in [1.54, 1.807) is 54.6 Å². The highest BCUT2D eigenvalue weighted by Crippen LogP contribution is 2.68. The van der Waals surface area contributed by atoms with Crippen LogP contribution in [0.2, 0.25) is 0 Å². The number of aryl methyl sites for hydroxylation is 1. The van der Waals surface area contributed by atoms with Crippen molar-refractivity contribution in [2.75, 3.05) is 6.73 Å². The van der Waals surface area contributed by atoms with E-state index in [1.165, 1.54) is 5.56 Å². The lowest BCUT2D eigenvalue weighted by atomic mass is 9.52. The molecule has 324 valence electrons. The summed E-state index contributed by atoms with van der Waals surface area (Å²) in [6.07, 6.45) is 6.33. The Morgan fingerprint density at radius 1 is 0.742 bits per heavy atom. The zero-order chi connectivity index (χ0) is 43.1. The molecule has 3 saturated carbocycles. The molecule has 8 N–H and O–H groups in total. The lowest BCUT2D eigenvalue weighted by Gasteiger charge is -2.52. The summed E-state index contributed by atoms with van der Waals surface area (Å²) >= 11 is 0. The van der Waals surface area contributed by atoms with Crippen LogP contribution in [0.1, 0.15) is 96.6 Å². The van der Waals surface area contributed by atoms with Gasteiger partial charge in [0.25, 0.3) is 0 Å². The molecule has 0 unspecified atom stereocenters. The number of ketones is 1. The average Bonchev–Trinajstić information content (AvgIpc) is 3.65. The summed E-state index contributed by atoms with van der Waals surface area (Å²) in [5, 5.41) is 67.1. The molecule has 0 heterocycles. The van der Waals surface area contributed by atoms with Crippen molar-refractivity contribution in [3.63, 3.8) is 0 Å². The van der Waals surface area contributed by atoms with E-state index in [0.717, 1.165) is 54.4 Å². The first-order valence-corrected chi connectivity index (χ1v) is 22.2. The summed E-state index contributed by atoms with van der Waals surface area (Å²) in [4.78, 5) is 14.7. The second-order valence-corrected chi connectivity index (χ2v) is 18.3. The first-order valence-electron chi connectivity index (χ1n) is 22.2. The number of carbonyl (C=O) groups excluding carboxylic acids is 1. The maximum atomic E-state index is 14.7. The van der Waals surface area contributed by atoms with Crippen LogP contribution in [0.5, 0.6) is 40.2 Å². The number of aliphatic hydroxyl groups excluding tert-OH is 1. The number of hydrogen-bond acceptors (Lipinski definition) is 10. The van der Waals surface area contributed by atoms with Crippen molar-refractivity contribution < 1.29 is 44.9 Å². The average molecular weight is 840 g/mol. The van der Waals surface area contributed by atoms with Crippen LogP contribution in [0.15, 0.2) is 103 Å². The molecule has 5 aromatic carbocycles. The molecule has 10 nitrogen and oxygen atoms in total. The molecule has 62 heavy (non-hydrogen) atoms. The Morgan fingerprint density at radius 2 is 1.50 bits per heavy atom. The smallest absolute Gasteiger partial charge is 0.200 e. The molecule has 3 fully saturated rings. The van der Waals surface area contributed by atoms with Gasteiger partial charge in [0.15, 0.2) is 23.0 Å². The minimum absolute atomic E-state index is 0.00621. The van der Waals surface area contributed by atoms with Crippen molar-refractivity contribution in [2.24, 2.45) is 35.3 Å². The van der Waals surface area contributed by atoms with Crippen LogP contribution in [0.3, 0.4) is 0 Å². The van der Waals surface area contributed by atoms with E-state index in [-0.39, 0.29) is 107 Å². The van der Waals surface area contributed by atoms with Gasteiger partial charge >= 0.3 is 0 Å². The van der Waals surface area contributed by atoms with Gasteiger partial charge in [-0.2, -0.15) is 0 Å². The summed E-state index contributed by atoms with van der Waals surface area (Å²) in [5.74, 6) is -1.28. The predicted molar refractivity (Wildman–Crippen MR) is 235 cm³/mol. The van der Waals surface area contributed by atoms with Crippen molar-refractivity contribution in [3.05, 3.63) is 137 Å². The van der Waals surface area contributed by atoms with Gasteiger partial charge in [-0.1, -0.05) is 73.5 Å². The zero-order valence-electron chi connectivity index (χ0n) is 34.9. The largest absolute Gasteiger partial charge is 0.508 e. The lowest BCUT2D eigenvalue weighted by Crippen LogP contribution is -2.51. The number of rotatable bonds is 13. The number of fused-ring (bicyclic) bond motifs is 1. The molecule has 0 spiro atoms. The van der Waals surface area contributed by atoms with Gasteiger partial charge in [-0.25, -0.2) is 0 Å². The third-order valence-electron chi connectivity index (χ3n) is 15.1. The normalized spacial score (nSPS) is 26.0. The Hall–Kier alpha value is -5.71. The van der Waals surface area contributed by atoms with Gasteiger partial charge in [-0.3, -0.25) is 10.5 Å². The van der Waals surface area contributed by atoms with Gasteiger partial charge in [-0.15, -0.1) is 0 Å². The fourth-order valence-electron chi connectivity index (χ4n) is 12.5. The highest BCUT2D eigenvalue weighted by molar-refractivity contribution is 5.82. The molecule has 10 heteroatoms. The van der Waals surface area contributed by atoms with Crippen LogP contribution in [0.4, 0.5) is 0 Å². The van der Waals surface area contributed by atoms with Crippen LogP contribution in [-0.2, 0) is 29.7 Å².